The van der Waals surface area contributed by atoms with Crippen LogP contribution in [-0.4, -0.2) is 0 Å². The molecule has 1 aromatic rings. The van der Waals surface area contributed by atoms with Crippen LogP contribution in [-0.2, 0) is 6.42 Å². The zero-order chi connectivity index (χ0) is 8.48. The van der Waals surface area contributed by atoms with Crippen LogP contribution in [0, 0.1) is 5.41 Å². The van der Waals surface area contributed by atoms with Crippen LogP contribution in [0.15, 0.2) is 16.5 Å². The van der Waals surface area contributed by atoms with Gasteiger partial charge in [-0.3, -0.25) is 0 Å². The van der Waals surface area contributed by atoms with Gasteiger partial charge in [-0.25, -0.2) is 0 Å². The van der Waals surface area contributed by atoms with E-state index in [4.69, 9.17) is 16.0 Å². The summed E-state index contributed by atoms with van der Waals surface area (Å²) in [7, 11) is 0. The predicted octanol–water partition coefficient (Wildman–Crippen LogP) is 3.52. The maximum atomic E-state index is 5.62. The van der Waals surface area contributed by atoms with Gasteiger partial charge in [-0.05, 0) is 29.1 Å². The van der Waals surface area contributed by atoms with Gasteiger partial charge < -0.3 is 4.42 Å². The lowest BCUT2D eigenvalue weighted by Crippen LogP contribution is -2.08. The molecule has 0 aliphatic carbocycles. The van der Waals surface area contributed by atoms with Gasteiger partial charge in [0.25, 0.3) is 0 Å². The van der Waals surface area contributed by atoms with E-state index in [-0.39, 0.29) is 5.41 Å². The van der Waals surface area contributed by atoms with Crippen molar-refractivity contribution in [2.75, 3.05) is 0 Å². The molecular weight excluding hydrogens is 160 g/mol. The Kier molecular flexibility index (Phi) is 2.28. The summed E-state index contributed by atoms with van der Waals surface area (Å²) in [4.78, 5) is 0. The lowest BCUT2D eigenvalue weighted by Gasteiger charge is -2.15. The van der Waals surface area contributed by atoms with Gasteiger partial charge in [-0.2, -0.15) is 0 Å². The summed E-state index contributed by atoms with van der Waals surface area (Å²) in [5, 5.41) is 0.476. The first-order valence-electron chi connectivity index (χ1n) is 3.72. The first-order valence-corrected chi connectivity index (χ1v) is 4.09. The van der Waals surface area contributed by atoms with Gasteiger partial charge in [0.2, 0.25) is 0 Å². The Hall–Kier alpha value is -0.430. The minimum Gasteiger partial charge on any atom is -0.450 e. The molecule has 0 saturated heterocycles. The lowest BCUT2D eigenvalue weighted by molar-refractivity contribution is 0.363. The third-order valence-corrected chi connectivity index (χ3v) is 1.54. The van der Waals surface area contributed by atoms with Gasteiger partial charge in [0.05, 0.1) is 0 Å². The van der Waals surface area contributed by atoms with Gasteiger partial charge in [-0.1, -0.05) is 20.8 Å². The van der Waals surface area contributed by atoms with Crippen LogP contribution < -0.4 is 0 Å². The van der Waals surface area contributed by atoms with Crippen molar-refractivity contribution < 1.29 is 4.42 Å². The Bertz CT molecular complexity index is 232. The van der Waals surface area contributed by atoms with Crippen LogP contribution in [0.2, 0.25) is 5.22 Å². The van der Waals surface area contributed by atoms with Gasteiger partial charge in [-0.15, -0.1) is 0 Å². The molecule has 2 heteroatoms. The van der Waals surface area contributed by atoms with Gasteiger partial charge >= 0.3 is 0 Å². The van der Waals surface area contributed by atoms with Crippen molar-refractivity contribution in [2.24, 2.45) is 5.41 Å². The molecule has 0 amide bonds. The highest BCUT2D eigenvalue weighted by Gasteiger charge is 2.13. The topological polar surface area (TPSA) is 13.1 Å². The second kappa shape index (κ2) is 2.90. The minimum absolute atomic E-state index is 0.265. The summed E-state index contributed by atoms with van der Waals surface area (Å²) in [6.45, 7) is 6.51. The lowest BCUT2D eigenvalue weighted by atomic mass is 9.91. The van der Waals surface area contributed by atoms with E-state index < -0.39 is 0 Å². The third kappa shape index (κ3) is 2.98. The van der Waals surface area contributed by atoms with Crippen molar-refractivity contribution in [3.8, 4) is 0 Å². The summed E-state index contributed by atoms with van der Waals surface area (Å²) >= 11 is 5.62. The molecule has 1 heterocycles. The molecule has 0 saturated carbocycles. The number of halogens is 1. The molecule has 0 spiro atoms. The average molecular weight is 173 g/mol. The molecule has 1 rings (SSSR count). The van der Waals surface area contributed by atoms with Crippen molar-refractivity contribution in [3.63, 3.8) is 0 Å². The van der Waals surface area contributed by atoms with E-state index in [0.29, 0.717) is 5.22 Å². The van der Waals surface area contributed by atoms with Gasteiger partial charge in [0.15, 0.2) is 5.22 Å². The van der Waals surface area contributed by atoms with Crippen molar-refractivity contribution in [3.05, 3.63) is 23.1 Å². The zero-order valence-corrected chi connectivity index (χ0v) is 7.90. The molecule has 62 valence electrons. The van der Waals surface area contributed by atoms with E-state index in [9.17, 15) is 0 Å². The maximum Gasteiger partial charge on any atom is 0.193 e. The predicted molar refractivity (Wildman–Crippen MR) is 46.9 cm³/mol. The highest BCUT2D eigenvalue weighted by Crippen LogP contribution is 2.23. The smallest absolute Gasteiger partial charge is 0.193 e. The molecule has 0 aromatic carbocycles. The number of hydrogen-bond acceptors (Lipinski definition) is 1. The molecule has 1 aromatic heterocycles. The molecule has 0 N–H and O–H groups in total. The first kappa shape index (κ1) is 8.66. The first-order chi connectivity index (χ1) is 4.97. The third-order valence-electron chi connectivity index (χ3n) is 1.33. The molecule has 0 radical (unpaired) electrons. The summed E-state index contributed by atoms with van der Waals surface area (Å²) < 4.78 is 5.22. The van der Waals surface area contributed by atoms with Crippen LogP contribution in [0.3, 0.4) is 0 Å². The summed E-state index contributed by atoms with van der Waals surface area (Å²) in [5.74, 6) is 0.961. The van der Waals surface area contributed by atoms with E-state index in [0.717, 1.165) is 12.2 Å². The van der Waals surface area contributed by atoms with E-state index in [1.165, 1.54) is 0 Å². The molecule has 0 atom stereocenters. The average Bonchev–Trinajstić information content (AvgIpc) is 2.10. The summed E-state index contributed by atoms with van der Waals surface area (Å²) in [6, 6.07) is 3.70. The SMILES string of the molecule is CC(C)(C)Cc1ccc(Cl)o1. The summed E-state index contributed by atoms with van der Waals surface area (Å²) in [6.07, 6.45) is 0.930. The quantitative estimate of drug-likeness (QED) is 0.632. The van der Waals surface area contributed by atoms with E-state index in [1.807, 2.05) is 6.07 Å². The molecule has 1 nitrogen and oxygen atoms in total. The van der Waals surface area contributed by atoms with Crippen LogP contribution in [0.5, 0.6) is 0 Å². The van der Waals surface area contributed by atoms with Crippen molar-refractivity contribution in [1.82, 2.24) is 0 Å². The zero-order valence-electron chi connectivity index (χ0n) is 7.15. The Morgan fingerprint density at radius 1 is 1.36 bits per heavy atom. The van der Waals surface area contributed by atoms with E-state index in [1.54, 1.807) is 6.07 Å². The Morgan fingerprint density at radius 2 is 2.00 bits per heavy atom. The Morgan fingerprint density at radius 3 is 2.36 bits per heavy atom. The molecule has 0 fully saturated rings. The fraction of sp³-hybridized carbons (Fsp3) is 0.556. The normalized spacial score (nSPS) is 12.0. The van der Waals surface area contributed by atoms with Crippen LogP contribution >= 0.6 is 11.6 Å². The van der Waals surface area contributed by atoms with Crippen molar-refractivity contribution >= 4 is 11.6 Å². The van der Waals surface area contributed by atoms with Crippen LogP contribution in [0.4, 0.5) is 0 Å². The van der Waals surface area contributed by atoms with E-state index >= 15 is 0 Å². The fourth-order valence-electron chi connectivity index (χ4n) is 0.969. The molecular formula is C9H13ClO. The fourth-order valence-corrected chi connectivity index (χ4v) is 1.13. The summed E-state index contributed by atoms with van der Waals surface area (Å²) in [5.41, 5.74) is 0.265. The minimum atomic E-state index is 0.265. The standard InChI is InChI=1S/C9H13ClO/c1-9(2,3)6-7-4-5-8(10)11-7/h4-5H,6H2,1-3H3. The van der Waals surface area contributed by atoms with Crippen molar-refractivity contribution in [2.45, 2.75) is 27.2 Å². The van der Waals surface area contributed by atoms with Crippen molar-refractivity contribution in [1.29, 1.82) is 0 Å². The number of hydrogen-bond donors (Lipinski definition) is 0. The highest BCUT2D eigenvalue weighted by molar-refractivity contribution is 6.28. The molecule has 0 aliphatic heterocycles. The molecule has 11 heavy (non-hydrogen) atoms. The second-order valence-electron chi connectivity index (χ2n) is 3.94. The Balaban J connectivity index is 2.65. The molecule has 0 aliphatic rings. The molecule has 0 bridgehead atoms. The number of rotatable bonds is 1. The van der Waals surface area contributed by atoms with Gasteiger partial charge in [0, 0.05) is 6.42 Å². The molecule has 0 unspecified atom stereocenters. The Labute approximate surface area is 72.4 Å². The van der Waals surface area contributed by atoms with Crippen LogP contribution in [0.25, 0.3) is 0 Å². The van der Waals surface area contributed by atoms with Crippen LogP contribution in [0.1, 0.15) is 26.5 Å². The second-order valence-corrected chi connectivity index (χ2v) is 4.32. The highest BCUT2D eigenvalue weighted by atomic mass is 35.5. The largest absolute Gasteiger partial charge is 0.450 e. The van der Waals surface area contributed by atoms with Gasteiger partial charge in [0.1, 0.15) is 5.76 Å². The maximum absolute atomic E-state index is 5.62. The number of furan rings is 1. The van der Waals surface area contributed by atoms with E-state index in [2.05, 4.69) is 20.8 Å². The monoisotopic (exact) mass is 172 g/mol.